The van der Waals surface area contributed by atoms with Gasteiger partial charge in [-0.1, -0.05) is 0 Å². The normalized spacial score (nSPS) is 15.7. The maximum atomic E-state index is 12.5. The predicted molar refractivity (Wildman–Crippen MR) is 83.5 cm³/mol. The maximum absolute atomic E-state index is 12.5. The van der Waals surface area contributed by atoms with Crippen LogP contribution >= 0.6 is 11.3 Å². The summed E-state index contributed by atoms with van der Waals surface area (Å²) in [6, 6.07) is 0. The van der Waals surface area contributed by atoms with Crippen LogP contribution in [0.1, 0.15) is 30.5 Å². The van der Waals surface area contributed by atoms with E-state index in [2.05, 4.69) is 20.6 Å². The van der Waals surface area contributed by atoms with E-state index in [0.29, 0.717) is 30.7 Å². The number of ether oxygens (including phenoxy) is 1. The molecular formula is C14H21F3N4OS. The first-order valence-corrected chi connectivity index (χ1v) is 8.48. The molecule has 1 heterocycles. The molecule has 0 aliphatic heterocycles. The van der Waals surface area contributed by atoms with E-state index < -0.39 is 11.9 Å². The van der Waals surface area contributed by atoms with Gasteiger partial charge in [-0.2, -0.15) is 13.2 Å². The Morgan fingerprint density at radius 2 is 2.22 bits per heavy atom. The summed E-state index contributed by atoms with van der Waals surface area (Å²) in [6.07, 6.45) is -1.89. The van der Waals surface area contributed by atoms with E-state index >= 15 is 0 Å². The molecule has 130 valence electrons. The lowest BCUT2D eigenvalue weighted by Crippen LogP contribution is -2.39. The van der Waals surface area contributed by atoms with Gasteiger partial charge >= 0.3 is 6.18 Å². The first kappa shape index (κ1) is 18.0. The van der Waals surface area contributed by atoms with Crippen molar-refractivity contribution < 1.29 is 17.9 Å². The molecular weight excluding hydrogens is 329 g/mol. The first-order valence-electron chi connectivity index (χ1n) is 7.60. The van der Waals surface area contributed by atoms with Crippen molar-refractivity contribution in [3.8, 4) is 0 Å². The van der Waals surface area contributed by atoms with Gasteiger partial charge < -0.3 is 15.4 Å². The summed E-state index contributed by atoms with van der Waals surface area (Å²) < 4.78 is 43.0. The number of hydrogen-bond acceptors (Lipinski definition) is 4. The molecule has 0 amide bonds. The van der Waals surface area contributed by atoms with Crippen molar-refractivity contribution in [1.29, 1.82) is 0 Å². The van der Waals surface area contributed by atoms with Gasteiger partial charge in [0.05, 0.1) is 13.2 Å². The Balaban J connectivity index is 1.76. The van der Waals surface area contributed by atoms with Crippen molar-refractivity contribution in [1.82, 2.24) is 15.6 Å². The van der Waals surface area contributed by atoms with Crippen LogP contribution in [-0.2, 0) is 17.5 Å². The van der Waals surface area contributed by atoms with E-state index in [0.717, 1.165) is 29.2 Å². The topological polar surface area (TPSA) is 58.5 Å². The van der Waals surface area contributed by atoms with Crippen LogP contribution < -0.4 is 10.6 Å². The summed E-state index contributed by atoms with van der Waals surface area (Å²) in [5.74, 6) is 1.27. The van der Waals surface area contributed by atoms with Gasteiger partial charge in [-0.15, -0.1) is 11.3 Å². The summed E-state index contributed by atoms with van der Waals surface area (Å²) in [7, 11) is 0. The fraction of sp³-hybridized carbons (Fsp3) is 0.714. The highest BCUT2D eigenvalue weighted by Crippen LogP contribution is 2.30. The highest BCUT2D eigenvalue weighted by atomic mass is 32.1. The van der Waals surface area contributed by atoms with Crippen molar-refractivity contribution >= 4 is 17.3 Å². The largest absolute Gasteiger partial charge is 0.434 e. The lowest BCUT2D eigenvalue weighted by atomic mass is 10.5. The average molecular weight is 350 g/mol. The first-order chi connectivity index (χ1) is 11.0. The molecule has 1 aromatic rings. The molecule has 5 nitrogen and oxygen atoms in total. The number of rotatable bonds is 8. The van der Waals surface area contributed by atoms with E-state index in [9.17, 15) is 13.2 Å². The van der Waals surface area contributed by atoms with E-state index in [-0.39, 0.29) is 6.54 Å². The zero-order valence-electron chi connectivity index (χ0n) is 12.9. The zero-order chi connectivity index (χ0) is 16.7. The lowest BCUT2D eigenvalue weighted by Gasteiger charge is -2.11. The van der Waals surface area contributed by atoms with Crippen molar-refractivity contribution in [2.24, 2.45) is 10.9 Å². The van der Waals surface area contributed by atoms with Crippen molar-refractivity contribution in [2.75, 3.05) is 26.3 Å². The van der Waals surface area contributed by atoms with Gasteiger partial charge in [0.15, 0.2) is 11.7 Å². The van der Waals surface area contributed by atoms with Gasteiger partial charge in [-0.3, -0.25) is 0 Å². The van der Waals surface area contributed by atoms with Crippen LogP contribution in [0.25, 0.3) is 0 Å². The SMILES string of the molecule is CCNC(=NCc1nc(C(F)(F)F)cs1)NCCOCC1CC1. The van der Waals surface area contributed by atoms with E-state index in [1.807, 2.05) is 6.92 Å². The number of nitrogens with one attached hydrogen (secondary N) is 2. The van der Waals surface area contributed by atoms with Gasteiger partial charge in [-0.25, -0.2) is 9.98 Å². The Morgan fingerprint density at radius 3 is 2.83 bits per heavy atom. The molecule has 23 heavy (non-hydrogen) atoms. The van der Waals surface area contributed by atoms with Crippen LogP contribution in [0, 0.1) is 5.92 Å². The highest BCUT2D eigenvalue weighted by molar-refractivity contribution is 7.09. The number of hydrogen-bond donors (Lipinski definition) is 2. The molecule has 0 saturated heterocycles. The predicted octanol–water partition coefficient (Wildman–Crippen LogP) is 2.64. The summed E-state index contributed by atoms with van der Waals surface area (Å²) in [5.41, 5.74) is -0.862. The number of guanidine groups is 1. The Labute approximate surface area is 137 Å². The fourth-order valence-electron chi connectivity index (χ4n) is 1.78. The van der Waals surface area contributed by atoms with Crippen LogP contribution in [0.2, 0.25) is 0 Å². The molecule has 2 rings (SSSR count). The molecule has 0 spiro atoms. The summed E-state index contributed by atoms with van der Waals surface area (Å²) in [6.45, 7) is 4.68. The molecule has 1 fully saturated rings. The monoisotopic (exact) mass is 350 g/mol. The summed E-state index contributed by atoms with van der Waals surface area (Å²) >= 11 is 0.960. The van der Waals surface area contributed by atoms with E-state index in [1.165, 1.54) is 12.8 Å². The average Bonchev–Trinajstić information content (AvgIpc) is 3.18. The smallest absolute Gasteiger partial charge is 0.379 e. The van der Waals surface area contributed by atoms with Crippen molar-refractivity contribution in [2.45, 2.75) is 32.5 Å². The second-order valence-corrected chi connectivity index (χ2v) is 6.21. The third kappa shape index (κ3) is 6.74. The minimum atomic E-state index is -4.40. The highest BCUT2D eigenvalue weighted by Gasteiger charge is 2.33. The van der Waals surface area contributed by atoms with Crippen molar-refractivity contribution in [3.05, 3.63) is 16.1 Å². The van der Waals surface area contributed by atoms with Crippen LogP contribution in [0.5, 0.6) is 0 Å². The van der Waals surface area contributed by atoms with E-state index in [1.54, 1.807) is 0 Å². The van der Waals surface area contributed by atoms with E-state index in [4.69, 9.17) is 4.74 Å². The van der Waals surface area contributed by atoms with Crippen LogP contribution in [0.4, 0.5) is 13.2 Å². The van der Waals surface area contributed by atoms with Gasteiger partial charge in [0.1, 0.15) is 5.01 Å². The minimum absolute atomic E-state index is 0.110. The molecule has 0 unspecified atom stereocenters. The second-order valence-electron chi connectivity index (χ2n) is 5.26. The van der Waals surface area contributed by atoms with Gasteiger partial charge in [0.25, 0.3) is 0 Å². The van der Waals surface area contributed by atoms with Crippen LogP contribution in [-0.4, -0.2) is 37.2 Å². The van der Waals surface area contributed by atoms with Crippen LogP contribution in [0.3, 0.4) is 0 Å². The van der Waals surface area contributed by atoms with Gasteiger partial charge in [0, 0.05) is 25.1 Å². The summed E-state index contributed by atoms with van der Waals surface area (Å²) in [5, 5.41) is 7.47. The van der Waals surface area contributed by atoms with Gasteiger partial charge in [0.2, 0.25) is 0 Å². The quantitative estimate of drug-likeness (QED) is 0.430. The molecule has 1 aliphatic rings. The van der Waals surface area contributed by atoms with Crippen molar-refractivity contribution in [3.63, 3.8) is 0 Å². The fourth-order valence-corrected chi connectivity index (χ4v) is 2.50. The lowest BCUT2D eigenvalue weighted by molar-refractivity contribution is -0.140. The number of aromatic nitrogens is 1. The number of aliphatic imine (C=N–C) groups is 1. The number of alkyl halides is 3. The molecule has 1 aliphatic carbocycles. The Kier molecular flexibility index (Phi) is 6.64. The van der Waals surface area contributed by atoms with Crippen LogP contribution in [0.15, 0.2) is 10.4 Å². The zero-order valence-corrected chi connectivity index (χ0v) is 13.8. The number of nitrogens with zero attached hydrogens (tertiary/aromatic N) is 2. The Hall–Kier alpha value is -1.35. The number of thiazole rings is 1. The maximum Gasteiger partial charge on any atom is 0.434 e. The molecule has 0 radical (unpaired) electrons. The third-order valence-electron chi connectivity index (χ3n) is 3.15. The molecule has 1 saturated carbocycles. The number of halogens is 3. The van der Waals surface area contributed by atoms with Gasteiger partial charge in [-0.05, 0) is 25.7 Å². The Bertz CT molecular complexity index is 514. The molecule has 0 atom stereocenters. The minimum Gasteiger partial charge on any atom is -0.379 e. The molecule has 2 N–H and O–H groups in total. The second kappa shape index (κ2) is 8.49. The molecule has 0 bridgehead atoms. The Morgan fingerprint density at radius 1 is 1.43 bits per heavy atom. The molecule has 0 aromatic carbocycles. The standard InChI is InChI=1S/C14H21F3N4OS/c1-2-18-13(19-5-6-22-8-10-3-4-10)20-7-12-21-11(9-23-12)14(15,16)17/h9-10H,2-8H2,1H3,(H2,18,19,20). The molecule has 9 heteroatoms. The summed E-state index contributed by atoms with van der Waals surface area (Å²) in [4.78, 5) is 7.80. The third-order valence-corrected chi connectivity index (χ3v) is 3.98. The molecule has 1 aromatic heterocycles.